The molecule has 3 aromatic carbocycles. The lowest BCUT2D eigenvalue weighted by Crippen LogP contribution is -2.42. The van der Waals surface area contributed by atoms with Gasteiger partial charge in [0, 0.05) is 30.6 Å². The maximum absolute atomic E-state index is 13.7. The van der Waals surface area contributed by atoms with Crippen LogP contribution in [0.25, 0.3) is 10.9 Å². The second kappa shape index (κ2) is 10.7. The van der Waals surface area contributed by atoms with Crippen molar-refractivity contribution in [3.8, 4) is 0 Å². The highest BCUT2D eigenvalue weighted by Crippen LogP contribution is 2.29. The molecule has 7 heteroatoms. The molecule has 1 N–H and O–H groups in total. The maximum atomic E-state index is 13.7. The zero-order valence-electron chi connectivity index (χ0n) is 20.6. The van der Waals surface area contributed by atoms with Gasteiger partial charge in [-0.3, -0.25) is 9.78 Å². The molecule has 1 amide bonds. The fourth-order valence-electron chi connectivity index (χ4n) is 4.73. The number of carbonyl (C=O) groups excluding carboxylic acids is 1. The largest absolute Gasteiger partial charge is 0.328 e. The molecule has 0 saturated heterocycles. The van der Waals surface area contributed by atoms with Crippen molar-refractivity contribution in [3.63, 3.8) is 0 Å². The van der Waals surface area contributed by atoms with E-state index in [2.05, 4.69) is 9.71 Å². The molecular weight excluding hydrogens is 482 g/mol. The minimum Gasteiger partial charge on any atom is -0.328 e. The molecule has 188 valence electrons. The van der Waals surface area contributed by atoms with Crippen LogP contribution in [0.3, 0.4) is 0 Å². The predicted octanol–water partition coefficient (Wildman–Crippen LogP) is 5.31. The summed E-state index contributed by atoms with van der Waals surface area (Å²) in [6.45, 7) is 2.46. The van der Waals surface area contributed by atoms with Crippen LogP contribution in [-0.2, 0) is 21.4 Å². The average molecular weight is 512 g/mol. The van der Waals surface area contributed by atoms with E-state index in [9.17, 15) is 13.2 Å². The molecule has 6 nitrogen and oxygen atoms in total. The molecule has 2 atom stereocenters. The molecule has 0 bridgehead atoms. The van der Waals surface area contributed by atoms with Crippen LogP contribution < -0.4 is 4.72 Å². The Bertz CT molecular complexity index is 1530. The van der Waals surface area contributed by atoms with Crippen LogP contribution in [0.1, 0.15) is 35.6 Å². The lowest BCUT2D eigenvalue weighted by molar-refractivity contribution is -0.134. The first kappa shape index (κ1) is 24.9. The maximum Gasteiger partial charge on any atom is 0.243 e. The molecule has 0 radical (unpaired) electrons. The molecule has 1 aromatic heterocycles. The van der Waals surface area contributed by atoms with Gasteiger partial charge in [-0.15, -0.1) is 0 Å². The van der Waals surface area contributed by atoms with E-state index in [0.717, 1.165) is 22.1 Å². The molecule has 0 fully saturated rings. The number of nitrogens with one attached hydrogen (secondary N) is 1. The zero-order chi connectivity index (χ0) is 25.8. The number of benzene rings is 3. The number of hydrogen-bond acceptors (Lipinski definition) is 4. The number of aromatic nitrogens is 1. The van der Waals surface area contributed by atoms with Crippen LogP contribution in [0.5, 0.6) is 0 Å². The number of fused-ring (bicyclic) bond motifs is 1. The van der Waals surface area contributed by atoms with Gasteiger partial charge in [0.1, 0.15) is 4.90 Å². The Kier molecular flexibility index (Phi) is 7.17. The SMILES string of the molecule is Cc1ccc([C@H]2/C=C\C[C@H](NS(=O)(=O)c3cccc4cccnc34)CC(=O)N2Cc2ccccc2)cc1. The number of carbonyl (C=O) groups is 1. The van der Waals surface area contributed by atoms with E-state index >= 15 is 0 Å². The summed E-state index contributed by atoms with van der Waals surface area (Å²) in [6.07, 6.45) is 6.02. The second-order valence-corrected chi connectivity index (χ2v) is 11.1. The highest BCUT2D eigenvalue weighted by Gasteiger charge is 2.30. The normalized spacial score (nSPS) is 19.4. The number of sulfonamides is 1. The van der Waals surface area contributed by atoms with Crippen LogP contribution in [0.2, 0.25) is 0 Å². The van der Waals surface area contributed by atoms with Crippen LogP contribution in [0.15, 0.2) is 108 Å². The van der Waals surface area contributed by atoms with E-state index in [-0.39, 0.29) is 23.3 Å². The molecule has 37 heavy (non-hydrogen) atoms. The Hall–Kier alpha value is -3.81. The summed E-state index contributed by atoms with van der Waals surface area (Å²) in [5.74, 6) is -0.109. The summed E-state index contributed by atoms with van der Waals surface area (Å²) in [5, 5.41) is 0.744. The molecule has 4 aromatic rings. The molecule has 1 aliphatic heterocycles. The van der Waals surface area contributed by atoms with Crippen molar-refractivity contribution in [2.75, 3.05) is 0 Å². The third-order valence-electron chi connectivity index (χ3n) is 6.64. The average Bonchev–Trinajstić information content (AvgIpc) is 2.90. The zero-order valence-corrected chi connectivity index (χ0v) is 21.4. The van der Waals surface area contributed by atoms with Crippen LogP contribution >= 0.6 is 0 Å². The van der Waals surface area contributed by atoms with E-state index in [0.29, 0.717) is 18.5 Å². The third-order valence-corrected chi connectivity index (χ3v) is 8.19. The summed E-state index contributed by atoms with van der Waals surface area (Å²) in [5.41, 5.74) is 3.60. The minimum atomic E-state index is -3.90. The first-order valence-electron chi connectivity index (χ1n) is 12.3. The van der Waals surface area contributed by atoms with Gasteiger partial charge in [-0.1, -0.05) is 90.5 Å². The lowest BCUT2D eigenvalue weighted by atomic mass is 9.97. The van der Waals surface area contributed by atoms with Crippen molar-refractivity contribution in [2.24, 2.45) is 0 Å². The minimum absolute atomic E-state index is 0.0525. The van der Waals surface area contributed by atoms with Gasteiger partial charge < -0.3 is 4.90 Å². The van der Waals surface area contributed by atoms with Crippen molar-refractivity contribution in [1.29, 1.82) is 0 Å². The van der Waals surface area contributed by atoms with Crippen molar-refractivity contribution in [3.05, 3.63) is 120 Å². The van der Waals surface area contributed by atoms with E-state index < -0.39 is 16.1 Å². The number of nitrogens with zero attached hydrogens (tertiary/aromatic N) is 2. The molecule has 2 heterocycles. The van der Waals surface area contributed by atoms with E-state index in [1.165, 1.54) is 0 Å². The lowest BCUT2D eigenvalue weighted by Gasteiger charge is -2.33. The number of pyridine rings is 1. The van der Waals surface area contributed by atoms with Crippen LogP contribution in [0, 0.1) is 6.92 Å². The fraction of sp³-hybridized carbons (Fsp3) is 0.200. The van der Waals surface area contributed by atoms with Gasteiger partial charge >= 0.3 is 0 Å². The number of aryl methyl sites for hydroxylation is 1. The summed E-state index contributed by atoms with van der Waals surface area (Å²) in [4.78, 5) is 19.9. The second-order valence-electron chi connectivity index (χ2n) is 9.38. The summed E-state index contributed by atoms with van der Waals surface area (Å²) >= 11 is 0. The predicted molar refractivity (Wildman–Crippen MR) is 145 cm³/mol. The molecule has 0 unspecified atom stereocenters. The summed E-state index contributed by atoms with van der Waals surface area (Å²) in [7, 11) is -3.90. The van der Waals surface area contributed by atoms with Crippen molar-refractivity contribution in [2.45, 2.75) is 43.3 Å². The van der Waals surface area contributed by atoms with E-state index in [1.54, 1.807) is 24.4 Å². The molecule has 5 rings (SSSR count). The van der Waals surface area contributed by atoms with E-state index in [4.69, 9.17) is 0 Å². The smallest absolute Gasteiger partial charge is 0.243 e. The highest BCUT2D eigenvalue weighted by molar-refractivity contribution is 7.89. The van der Waals surface area contributed by atoms with E-state index in [1.807, 2.05) is 90.7 Å². The summed E-state index contributed by atoms with van der Waals surface area (Å²) < 4.78 is 29.6. The molecule has 0 saturated carbocycles. The van der Waals surface area contributed by atoms with Gasteiger partial charge in [0.15, 0.2) is 0 Å². The fourth-order valence-corrected chi connectivity index (χ4v) is 6.16. The molecular formula is C30H29N3O3S. The van der Waals surface area contributed by atoms with Crippen LogP contribution in [-0.4, -0.2) is 30.3 Å². The summed E-state index contributed by atoms with van der Waals surface area (Å²) in [6, 6.07) is 25.9. The quantitative estimate of drug-likeness (QED) is 0.356. The third kappa shape index (κ3) is 5.63. The van der Waals surface area contributed by atoms with Gasteiger partial charge in [-0.05, 0) is 36.6 Å². The first-order valence-corrected chi connectivity index (χ1v) is 13.8. The Labute approximate surface area is 217 Å². The Balaban J connectivity index is 1.45. The van der Waals surface area contributed by atoms with Gasteiger partial charge in [0.2, 0.25) is 15.9 Å². The monoisotopic (exact) mass is 511 g/mol. The molecule has 0 spiro atoms. The number of rotatable bonds is 6. The van der Waals surface area contributed by atoms with Gasteiger partial charge in [-0.2, -0.15) is 0 Å². The van der Waals surface area contributed by atoms with Crippen molar-refractivity contribution < 1.29 is 13.2 Å². The number of para-hydroxylation sites is 1. The van der Waals surface area contributed by atoms with Crippen molar-refractivity contribution >= 4 is 26.8 Å². The van der Waals surface area contributed by atoms with Crippen molar-refractivity contribution in [1.82, 2.24) is 14.6 Å². The Morgan fingerprint density at radius 3 is 2.49 bits per heavy atom. The molecule has 0 aliphatic carbocycles. The Morgan fingerprint density at radius 2 is 1.70 bits per heavy atom. The number of hydrogen-bond donors (Lipinski definition) is 1. The standard InChI is InChI=1S/C30H29N3O3S/c1-22-15-17-24(18-16-22)27-13-6-12-26(20-29(34)33(27)21-23-8-3-2-4-9-23)32-37(35,36)28-14-5-10-25-11-7-19-31-30(25)28/h2-11,13-19,26-27,32H,12,20-21H2,1H3/b13-6-/t26-,27+/m0/s1. The van der Waals surface area contributed by atoms with Gasteiger partial charge in [0.05, 0.1) is 11.6 Å². The van der Waals surface area contributed by atoms with Gasteiger partial charge in [0.25, 0.3) is 0 Å². The topological polar surface area (TPSA) is 79.4 Å². The first-order chi connectivity index (χ1) is 17.9. The molecule has 1 aliphatic rings. The Morgan fingerprint density at radius 1 is 0.946 bits per heavy atom. The highest BCUT2D eigenvalue weighted by atomic mass is 32.2. The van der Waals surface area contributed by atoms with Crippen LogP contribution in [0.4, 0.5) is 0 Å². The number of amides is 1. The van der Waals surface area contributed by atoms with Gasteiger partial charge in [-0.25, -0.2) is 13.1 Å².